The Hall–Kier alpha value is -2.87. The largest absolute Gasteiger partial charge is 0.376 e. The minimum Gasteiger partial charge on any atom is -0.376 e. The fourth-order valence-corrected chi connectivity index (χ4v) is 2.59. The number of nitrogens with zero attached hydrogens (tertiary/aromatic N) is 5. The van der Waals surface area contributed by atoms with E-state index in [1.54, 1.807) is 18.6 Å². The lowest BCUT2D eigenvalue weighted by Crippen LogP contribution is -2.19. The summed E-state index contributed by atoms with van der Waals surface area (Å²) in [5.74, 6) is 1.50. The van der Waals surface area contributed by atoms with E-state index in [9.17, 15) is 0 Å². The first-order chi connectivity index (χ1) is 11.9. The fraction of sp³-hybridized carbons (Fsp3) is 0.312. The average Bonchev–Trinajstić information content (AvgIpc) is 3.33. The summed E-state index contributed by atoms with van der Waals surface area (Å²) in [5, 5.41) is 7.29. The summed E-state index contributed by atoms with van der Waals surface area (Å²) in [4.78, 5) is 16.8. The van der Waals surface area contributed by atoms with Gasteiger partial charge in [-0.1, -0.05) is 5.16 Å². The molecule has 8 nitrogen and oxygen atoms in total. The molecule has 1 atom stereocenters. The van der Waals surface area contributed by atoms with E-state index in [0.29, 0.717) is 29.6 Å². The van der Waals surface area contributed by atoms with Crippen LogP contribution >= 0.6 is 0 Å². The van der Waals surface area contributed by atoms with E-state index in [-0.39, 0.29) is 6.10 Å². The molecule has 1 unspecified atom stereocenters. The second kappa shape index (κ2) is 6.71. The third-order valence-corrected chi connectivity index (χ3v) is 3.81. The van der Waals surface area contributed by atoms with Crippen molar-refractivity contribution >= 4 is 5.82 Å². The molecule has 4 rings (SSSR count). The van der Waals surface area contributed by atoms with Crippen molar-refractivity contribution in [3.05, 3.63) is 37.1 Å². The Morgan fingerprint density at radius 2 is 2.25 bits per heavy atom. The molecule has 0 radical (unpaired) electrons. The zero-order valence-corrected chi connectivity index (χ0v) is 12.9. The van der Waals surface area contributed by atoms with E-state index < -0.39 is 0 Å². The van der Waals surface area contributed by atoms with Gasteiger partial charge in [-0.15, -0.1) is 0 Å². The Bertz CT molecular complexity index is 801. The van der Waals surface area contributed by atoms with Crippen LogP contribution in [0.15, 0.2) is 41.6 Å². The van der Waals surface area contributed by atoms with Crippen LogP contribution in [0.25, 0.3) is 22.8 Å². The number of aromatic nitrogens is 5. The molecule has 1 aliphatic rings. The van der Waals surface area contributed by atoms with Crippen molar-refractivity contribution in [3.8, 4) is 22.8 Å². The fourth-order valence-electron chi connectivity index (χ4n) is 2.59. The van der Waals surface area contributed by atoms with Crippen molar-refractivity contribution in [1.29, 1.82) is 0 Å². The molecule has 1 fully saturated rings. The molecule has 3 aromatic rings. The maximum Gasteiger partial charge on any atom is 0.263 e. The second-order valence-corrected chi connectivity index (χ2v) is 5.47. The molecule has 0 saturated carbocycles. The van der Waals surface area contributed by atoms with Gasteiger partial charge in [0.1, 0.15) is 17.7 Å². The molecule has 0 aliphatic carbocycles. The number of hydrogen-bond acceptors (Lipinski definition) is 8. The van der Waals surface area contributed by atoms with Crippen LogP contribution in [0.4, 0.5) is 5.82 Å². The van der Waals surface area contributed by atoms with Crippen LogP contribution in [0.2, 0.25) is 0 Å². The van der Waals surface area contributed by atoms with Crippen LogP contribution in [0.1, 0.15) is 12.8 Å². The van der Waals surface area contributed by atoms with Gasteiger partial charge in [-0.05, 0) is 25.0 Å². The Balaban J connectivity index is 1.56. The smallest absolute Gasteiger partial charge is 0.263 e. The van der Waals surface area contributed by atoms with Crippen LogP contribution in [0.3, 0.4) is 0 Å². The van der Waals surface area contributed by atoms with Crippen LogP contribution in [-0.4, -0.2) is 44.3 Å². The molecule has 0 spiro atoms. The number of anilines is 1. The monoisotopic (exact) mass is 324 g/mol. The summed E-state index contributed by atoms with van der Waals surface area (Å²) in [5.41, 5.74) is 1.45. The topological polar surface area (TPSA) is 98.9 Å². The summed E-state index contributed by atoms with van der Waals surface area (Å²) in [6.45, 7) is 1.51. The highest BCUT2D eigenvalue weighted by atomic mass is 16.5. The summed E-state index contributed by atoms with van der Waals surface area (Å²) >= 11 is 0. The minimum absolute atomic E-state index is 0.210. The molecule has 3 aromatic heterocycles. The lowest BCUT2D eigenvalue weighted by atomic mass is 10.2. The normalized spacial score (nSPS) is 17.1. The van der Waals surface area contributed by atoms with Gasteiger partial charge in [0.05, 0.1) is 6.10 Å². The van der Waals surface area contributed by atoms with Crippen molar-refractivity contribution in [3.63, 3.8) is 0 Å². The van der Waals surface area contributed by atoms with Gasteiger partial charge in [0, 0.05) is 37.3 Å². The predicted octanol–water partition coefficient (Wildman–Crippen LogP) is 2.18. The van der Waals surface area contributed by atoms with Crippen LogP contribution in [0.5, 0.6) is 0 Å². The number of pyridine rings is 1. The molecule has 122 valence electrons. The molecule has 1 N–H and O–H groups in total. The molecule has 0 aromatic carbocycles. The van der Waals surface area contributed by atoms with E-state index in [2.05, 4.69) is 30.4 Å². The van der Waals surface area contributed by atoms with Crippen LogP contribution in [-0.2, 0) is 4.74 Å². The molecule has 0 bridgehead atoms. The van der Waals surface area contributed by atoms with Crippen molar-refractivity contribution in [2.24, 2.45) is 0 Å². The van der Waals surface area contributed by atoms with Gasteiger partial charge in [-0.3, -0.25) is 4.98 Å². The maximum absolute atomic E-state index is 5.62. The van der Waals surface area contributed by atoms with Crippen molar-refractivity contribution in [1.82, 2.24) is 25.1 Å². The number of nitrogens with one attached hydrogen (secondary N) is 1. The van der Waals surface area contributed by atoms with Gasteiger partial charge in [0.15, 0.2) is 0 Å². The van der Waals surface area contributed by atoms with Gasteiger partial charge in [-0.2, -0.15) is 4.98 Å². The number of ether oxygens (including phenoxy) is 1. The Morgan fingerprint density at radius 3 is 3.08 bits per heavy atom. The summed E-state index contributed by atoms with van der Waals surface area (Å²) in [7, 11) is 0. The van der Waals surface area contributed by atoms with Gasteiger partial charge in [0.2, 0.25) is 5.82 Å². The van der Waals surface area contributed by atoms with Crippen molar-refractivity contribution in [2.75, 3.05) is 18.5 Å². The average molecular weight is 324 g/mol. The van der Waals surface area contributed by atoms with Crippen LogP contribution < -0.4 is 5.32 Å². The van der Waals surface area contributed by atoms with Crippen LogP contribution in [0, 0.1) is 0 Å². The standard InChI is InChI=1S/C16H16N6O2/c1-3-11(7-17-5-1)14-21-16(24-22-14)13-9-18-10-20-15(13)19-8-12-4-2-6-23-12/h1,3,5,7,9-10,12H,2,4,6,8H2,(H,18,19,20). The first-order valence-electron chi connectivity index (χ1n) is 7.80. The Labute approximate surface area is 138 Å². The van der Waals surface area contributed by atoms with Gasteiger partial charge in [0.25, 0.3) is 5.89 Å². The maximum atomic E-state index is 5.62. The molecular weight excluding hydrogens is 308 g/mol. The Kier molecular flexibility index (Phi) is 4.11. The minimum atomic E-state index is 0.210. The third kappa shape index (κ3) is 3.09. The zero-order chi connectivity index (χ0) is 16.2. The van der Waals surface area contributed by atoms with Crippen molar-refractivity contribution < 1.29 is 9.26 Å². The lowest BCUT2D eigenvalue weighted by molar-refractivity contribution is 0.120. The lowest BCUT2D eigenvalue weighted by Gasteiger charge is -2.12. The van der Waals surface area contributed by atoms with E-state index in [1.807, 2.05) is 12.1 Å². The molecular formula is C16H16N6O2. The summed E-state index contributed by atoms with van der Waals surface area (Å²) in [6.07, 6.45) is 8.89. The molecule has 0 amide bonds. The molecule has 4 heterocycles. The van der Waals surface area contributed by atoms with Gasteiger partial charge in [-0.25, -0.2) is 9.97 Å². The molecule has 1 aliphatic heterocycles. The van der Waals surface area contributed by atoms with E-state index >= 15 is 0 Å². The van der Waals surface area contributed by atoms with Gasteiger partial charge >= 0.3 is 0 Å². The predicted molar refractivity (Wildman–Crippen MR) is 86.0 cm³/mol. The van der Waals surface area contributed by atoms with Crippen molar-refractivity contribution in [2.45, 2.75) is 18.9 Å². The zero-order valence-electron chi connectivity index (χ0n) is 12.9. The number of rotatable bonds is 5. The van der Waals surface area contributed by atoms with Gasteiger partial charge < -0.3 is 14.6 Å². The number of hydrogen-bond donors (Lipinski definition) is 1. The molecule has 24 heavy (non-hydrogen) atoms. The summed E-state index contributed by atoms with van der Waals surface area (Å²) < 4.78 is 11.0. The highest BCUT2D eigenvalue weighted by molar-refractivity contribution is 5.69. The van der Waals surface area contributed by atoms with E-state index in [1.165, 1.54) is 6.33 Å². The Morgan fingerprint density at radius 1 is 1.25 bits per heavy atom. The van der Waals surface area contributed by atoms with E-state index in [0.717, 1.165) is 25.0 Å². The highest BCUT2D eigenvalue weighted by Crippen LogP contribution is 2.26. The quantitative estimate of drug-likeness (QED) is 0.762. The molecule has 1 saturated heterocycles. The first kappa shape index (κ1) is 14.7. The first-order valence-corrected chi connectivity index (χ1v) is 7.80. The second-order valence-electron chi connectivity index (χ2n) is 5.47. The SMILES string of the molecule is c1cncc(-c2noc(-c3cncnc3NCC3CCCO3)n2)c1. The van der Waals surface area contributed by atoms with E-state index in [4.69, 9.17) is 9.26 Å². The summed E-state index contributed by atoms with van der Waals surface area (Å²) in [6, 6.07) is 3.70. The third-order valence-electron chi connectivity index (χ3n) is 3.81. The molecule has 8 heteroatoms. The highest BCUT2D eigenvalue weighted by Gasteiger charge is 2.18.